The summed E-state index contributed by atoms with van der Waals surface area (Å²) in [6.45, 7) is 4.62. The molecule has 2 aliphatic carbocycles. The van der Waals surface area contributed by atoms with Crippen LogP contribution in [0, 0.1) is 11.8 Å². The highest BCUT2D eigenvalue weighted by molar-refractivity contribution is 5.08. The molecule has 0 N–H and O–H groups in total. The number of hydrogen-bond donors (Lipinski definition) is 0. The van der Waals surface area contributed by atoms with E-state index in [1.807, 2.05) is 0 Å². The van der Waals surface area contributed by atoms with Gasteiger partial charge in [-0.3, -0.25) is 0 Å². The molecule has 0 saturated carbocycles. The van der Waals surface area contributed by atoms with Crippen molar-refractivity contribution in [2.45, 2.75) is 65.2 Å². The van der Waals surface area contributed by atoms with E-state index >= 15 is 0 Å². The topological polar surface area (TPSA) is 0 Å². The van der Waals surface area contributed by atoms with Crippen LogP contribution in [0.5, 0.6) is 0 Å². The molecule has 0 aromatic rings. The van der Waals surface area contributed by atoms with E-state index in [-0.39, 0.29) is 0 Å². The molecule has 0 heteroatoms. The van der Waals surface area contributed by atoms with Crippen LogP contribution in [0.2, 0.25) is 0 Å². The van der Waals surface area contributed by atoms with Gasteiger partial charge in [0.25, 0.3) is 0 Å². The van der Waals surface area contributed by atoms with Gasteiger partial charge in [-0.05, 0) is 70.1 Å². The van der Waals surface area contributed by atoms with Crippen molar-refractivity contribution in [3.8, 4) is 0 Å². The van der Waals surface area contributed by atoms with Crippen molar-refractivity contribution in [3.63, 3.8) is 0 Å². The van der Waals surface area contributed by atoms with E-state index in [1.54, 1.807) is 11.1 Å². The minimum absolute atomic E-state index is 0.999. The second-order valence-electron chi connectivity index (χ2n) is 5.68. The smallest absolute Gasteiger partial charge is 0.0289 e. The van der Waals surface area contributed by atoms with E-state index in [2.05, 4.69) is 26.0 Å². The summed E-state index contributed by atoms with van der Waals surface area (Å²) in [7, 11) is 0. The summed E-state index contributed by atoms with van der Waals surface area (Å²) in [4.78, 5) is 0. The zero-order valence-electron chi connectivity index (χ0n) is 11.0. The summed E-state index contributed by atoms with van der Waals surface area (Å²) in [5.74, 6) is 2.00. The van der Waals surface area contributed by atoms with Gasteiger partial charge in [-0.2, -0.15) is 0 Å². The van der Waals surface area contributed by atoms with Gasteiger partial charge in [0.2, 0.25) is 0 Å². The van der Waals surface area contributed by atoms with Crippen LogP contribution < -0.4 is 0 Å². The van der Waals surface area contributed by atoms with Crippen LogP contribution in [0.4, 0.5) is 0 Å². The van der Waals surface area contributed by atoms with E-state index in [0.717, 1.165) is 11.8 Å². The largest absolute Gasteiger partial charge is 0.0856 e. The molecule has 0 saturated heterocycles. The number of hydrogen-bond acceptors (Lipinski definition) is 0. The summed E-state index contributed by atoms with van der Waals surface area (Å²) < 4.78 is 0. The molecule has 0 radical (unpaired) electrons. The highest BCUT2D eigenvalue weighted by Crippen LogP contribution is 2.37. The zero-order chi connectivity index (χ0) is 11.4. The van der Waals surface area contributed by atoms with Gasteiger partial charge in [0.15, 0.2) is 0 Å². The average Bonchev–Trinajstić information content (AvgIpc) is 2.54. The third kappa shape index (κ3) is 2.99. The van der Waals surface area contributed by atoms with Crippen LogP contribution >= 0.6 is 0 Å². The van der Waals surface area contributed by atoms with Gasteiger partial charge in [0, 0.05) is 0 Å². The standard InChI is InChI=1S/C16H26/c1-3-14-7-5-9-16(12-14)15-8-4-6-13(2)10-11-15/h6-7,15-16H,3-5,8-12H2,1-2H3. The molecule has 2 rings (SSSR count). The predicted molar refractivity (Wildman–Crippen MR) is 71.4 cm³/mol. The van der Waals surface area contributed by atoms with E-state index in [9.17, 15) is 0 Å². The number of rotatable bonds is 2. The lowest BCUT2D eigenvalue weighted by molar-refractivity contribution is 0.273. The van der Waals surface area contributed by atoms with E-state index in [1.165, 1.54) is 51.4 Å². The quantitative estimate of drug-likeness (QED) is 0.555. The summed E-state index contributed by atoms with van der Waals surface area (Å²) >= 11 is 0. The summed E-state index contributed by atoms with van der Waals surface area (Å²) in [5, 5.41) is 0. The van der Waals surface area contributed by atoms with Gasteiger partial charge >= 0.3 is 0 Å². The van der Waals surface area contributed by atoms with Crippen molar-refractivity contribution in [3.05, 3.63) is 23.3 Å². The monoisotopic (exact) mass is 218 g/mol. The van der Waals surface area contributed by atoms with Crippen molar-refractivity contribution < 1.29 is 0 Å². The third-order valence-corrected chi connectivity index (χ3v) is 4.56. The summed E-state index contributed by atoms with van der Waals surface area (Å²) in [5.41, 5.74) is 3.36. The molecular formula is C16H26. The van der Waals surface area contributed by atoms with Crippen LogP contribution in [0.15, 0.2) is 23.3 Å². The van der Waals surface area contributed by atoms with Gasteiger partial charge in [-0.25, -0.2) is 0 Å². The maximum Gasteiger partial charge on any atom is -0.0289 e. The Morgan fingerprint density at radius 3 is 2.62 bits per heavy atom. The molecule has 0 spiro atoms. The van der Waals surface area contributed by atoms with Crippen LogP contribution in [0.1, 0.15) is 65.2 Å². The lowest BCUT2D eigenvalue weighted by atomic mass is 9.76. The van der Waals surface area contributed by atoms with E-state index in [0.29, 0.717) is 0 Å². The Labute approximate surface area is 101 Å². The molecular weight excluding hydrogens is 192 g/mol. The molecule has 2 atom stereocenters. The first-order chi connectivity index (χ1) is 7.79. The van der Waals surface area contributed by atoms with Gasteiger partial charge in [-0.1, -0.05) is 30.2 Å². The van der Waals surface area contributed by atoms with Gasteiger partial charge < -0.3 is 0 Å². The van der Waals surface area contributed by atoms with Crippen molar-refractivity contribution in [1.29, 1.82) is 0 Å². The average molecular weight is 218 g/mol. The molecule has 0 aliphatic heterocycles. The molecule has 16 heavy (non-hydrogen) atoms. The molecule has 0 heterocycles. The number of allylic oxidation sites excluding steroid dienone is 4. The van der Waals surface area contributed by atoms with Crippen LogP contribution in [-0.4, -0.2) is 0 Å². The van der Waals surface area contributed by atoms with Crippen molar-refractivity contribution in [2.24, 2.45) is 11.8 Å². The van der Waals surface area contributed by atoms with Gasteiger partial charge in [0.05, 0.1) is 0 Å². The summed E-state index contributed by atoms with van der Waals surface area (Å²) in [6.07, 6.45) is 16.0. The molecule has 90 valence electrons. The molecule has 0 aromatic heterocycles. The minimum Gasteiger partial charge on any atom is -0.0856 e. The normalized spacial score (nSPS) is 31.6. The van der Waals surface area contributed by atoms with Crippen LogP contribution in [-0.2, 0) is 0 Å². The fourth-order valence-electron chi connectivity index (χ4n) is 3.39. The Morgan fingerprint density at radius 2 is 1.81 bits per heavy atom. The highest BCUT2D eigenvalue weighted by Gasteiger charge is 2.24. The first kappa shape index (κ1) is 12.0. The molecule has 0 nitrogen and oxygen atoms in total. The van der Waals surface area contributed by atoms with E-state index < -0.39 is 0 Å². The first-order valence-electron chi connectivity index (χ1n) is 7.13. The van der Waals surface area contributed by atoms with Crippen molar-refractivity contribution in [2.75, 3.05) is 0 Å². The third-order valence-electron chi connectivity index (χ3n) is 4.56. The second-order valence-corrected chi connectivity index (χ2v) is 5.68. The zero-order valence-corrected chi connectivity index (χ0v) is 11.0. The summed E-state index contributed by atoms with van der Waals surface area (Å²) in [6, 6.07) is 0. The second kappa shape index (κ2) is 5.70. The molecule has 0 aromatic carbocycles. The first-order valence-corrected chi connectivity index (χ1v) is 7.13. The SMILES string of the molecule is CCC1=CCCC(C2CCC=C(C)CC2)C1. The van der Waals surface area contributed by atoms with Crippen LogP contribution in [0.3, 0.4) is 0 Å². The maximum absolute atomic E-state index is 2.50. The van der Waals surface area contributed by atoms with Gasteiger partial charge in [0.1, 0.15) is 0 Å². The highest BCUT2D eigenvalue weighted by atomic mass is 14.3. The predicted octanol–water partition coefficient (Wildman–Crippen LogP) is 5.26. The van der Waals surface area contributed by atoms with Crippen molar-refractivity contribution in [1.82, 2.24) is 0 Å². The van der Waals surface area contributed by atoms with Gasteiger partial charge in [-0.15, -0.1) is 0 Å². The Kier molecular flexibility index (Phi) is 4.26. The molecule has 0 fully saturated rings. The lowest BCUT2D eigenvalue weighted by Crippen LogP contribution is -2.17. The fourth-order valence-corrected chi connectivity index (χ4v) is 3.39. The molecule has 2 aliphatic rings. The Bertz CT molecular complexity index is 282. The lowest BCUT2D eigenvalue weighted by Gasteiger charge is -2.30. The Morgan fingerprint density at radius 1 is 1.06 bits per heavy atom. The Balaban J connectivity index is 1.91. The molecule has 0 bridgehead atoms. The van der Waals surface area contributed by atoms with E-state index in [4.69, 9.17) is 0 Å². The van der Waals surface area contributed by atoms with Crippen molar-refractivity contribution >= 4 is 0 Å². The Hall–Kier alpha value is -0.520. The van der Waals surface area contributed by atoms with Crippen LogP contribution in [0.25, 0.3) is 0 Å². The molecule has 2 unspecified atom stereocenters. The maximum atomic E-state index is 2.50. The molecule has 0 amide bonds. The fraction of sp³-hybridized carbons (Fsp3) is 0.750. The minimum atomic E-state index is 0.999.